The van der Waals surface area contributed by atoms with Gasteiger partial charge in [-0.1, -0.05) is 12.1 Å². The fraction of sp³-hybridized carbons (Fsp3) is 0.538. The van der Waals surface area contributed by atoms with Crippen molar-refractivity contribution in [2.24, 2.45) is 5.14 Å². The van der Waals surface area contributed by atoms with Crippen molar-refractivity contribution in [2.45, 2.75) is 36.7 Å². The van der Waals surface area contributed by atoms with Crippen LogP contribution in [0.4, 0.5) is 0 Å². The Hall–Kier alpha value is -0.560. The van der Waals surface area contributed by atoms with Gasteiger partial charge in [0.1, 0.15) is 0 Å². The van der Waals surface area contributed by atoms with E-state index in [9.17, 15) is 8.42 Å². The number of nitrogens with two attached hydrogens (primary N) is 1. The van der Waals surface area contributed by atoms with E-state index in [0.717, 1.165) is 11.3 Å². The topological polar surface area (TPSA) is 72.2 Å². The largest absolute Gasteiger partial charge is 0.307 e. The summed E-state index contributed by atoms with van der Waals surface area (Å²) < 4.78 is 22.7. The number of benzene rings is 1. The van der Waals surface area contributed by atoms with Crippen LogP contribution in [-0.4, -0.2) is 26.0 Å². The molecule has 3 N–H and O–H groups in total. The Bertz CT molecular complexity index is 525. The highest BCUT2D eigenvalue weighted by atomic mass is 32.2. The Morgan fingerprint density at radius 1 is 1.47 bits per heavy atom. The van der Waals surface area contributed by atoms with Crippen molar-refractivity contribution in [1.82, 2.24) is 5.32 Å². The molecular weight excluding hydrogens is 280 g/mol. The highest BCUT2D eigenvalue weighted by molar-refractivity contribution is 7.99. The molecule has 19 heavy (non-hydrogen) atoms. The molecule has 1 saturated heterocycles. The Labute approximate surface area is 119 Å². The first-order valence-electron chi connectivity index (χ1n) is 6.43. The van der Waals surface area contributed by atoms with E-state index in [1.54, 1.807) is 12.1 Å². The van der Waals surface area contributed by atoms with E-state index in [4.69, 9.17) is 5.14 Å². The van der Waals surface area contributed by atoms with Gasteiger partial charge in [-0.3, -0.25) is 0 Å². The molecule has 1 fully saturated rings. The first kappa shape index (κ1) is 14.8. The molecule has 2 atom stereocenters. The quantitative estimate of drug-likeness (QED) is 0.890. The van der Waals surface area contributed by atoms with Gasteiger partial charge in [0.15, 0.2) is 0 Å². The standard InChI is InChI=1S/C13H20N2O2S2/c1-10(15-12-5-3-7-18-9-12)11-4-2-6-13(8-11)19(14,16)17/h2,4,6,8,10,12,15H,3,5,7,9H2,1H3,(H2,14,16,17). The molecule has 1 heterocycles. The van der Waals surface area contributed by atoms with Crippen LogP contribution in [0.1, 0.15) is 31.4 Å². The van der Waals surface area contributed by atoms with Crippen molar-refractivity contribution in [3.8, 4) is 0 Å². The van der Waals surface area contributed by atoms with Crippen LogP contribution in [0.25, 0.3) is 0 Å². The minimum Gasteiger partial charge on any atom is -0.307 e. The zero-order valence-electron chi connectivity index (χ0n) is 11.0. The van der Waals surface area contributed by atoms with Gasteiger partial charge < -0.3 is 5.32 Å². The van der Waals surface area contributed by atoms with Crippen molar-refractivity contribution in [2.75, 3.05) is 11.5 Å². The third-order valence-electron chi connectivity index (χ3n) is 3.33. The van der Waals surface area contributed by atoms with Crippen molar-refractivity contribution in [1.29, 1.82) is 0 Å². The normalized spacial score (nSPS) is 22.1. The number of hydrogen-bond donors (Lipinski definition) is 2. The Balaban J connectivity index is 2.08. The summed E-state index contributed by atoms with van der Waals surface area (Å²) in [4.78, 5) is 0.177. The molecule has 2 unspecified atom stereocenters. The molecule has 6 heteroatoms. The minimum absolute atomic E-state index is 0.130. The molecular formula is C13H20N2O2S2. The maximum absolute atomic E-state index is 11.4. The number of nitrogens with one attached hydrogen (secondary N) is 1. The highest BCUT2D eigenvalue weighted by Crippen LogP contribution is 2.22. The lowest BCUT2D eigenvalue weighted by atomic mass is 10.1. The molecule has 106 valence electrons. The Morgan fingerprint density at radius 2 is 2.26 bits per heavy atom. The summed E-state index contributed by atoms with van der Waals surface area (Å²) in [6.45, 7) is 2.06. The number of hydrogen-bond acceptors (Lipinski definition) is 4. The van der Waals surface area contributed by atoms with Crippen molar-refractivity contribution >= 4 is 21.8 Å². The lowest BCUT2D eigenvalue weighted by Crippen LogP contribution is -2.35. The maximum Gasteiger partial charge on any atom is 0.238 e. The second-order valence-corrected chi connectivity index (χ2v) is 7.63. The van der Waals surface area contributed by atoms with Gasteiger partial charge in [0.2, 0.25) is 10.0 Å². The first-order chi connectivity index (χ1) is 8.97. The number of rotatable bonds is 4. The Morgan fingerprint density at radius 3 is 2.89 bits per heavy atom. The van der Waals surface area contributed by atoms with Gasteiger partial charge >= 0.3 is 0 Å². The van der Waals surface area contributed by atoms with Crippen molar-refractivity contribution in [3.05, 3.63) is 29.8 Å². The fourth-order valence-electron chi connectivity index (χ4n) is 2.28. The van der Waals surface area contributed by atoms with E-state index >= 15 is 0 Å². The molecule has 0 amide bonds. The first-order valence-corrected chi connectivity index (χ1v) is 9.13. The van der Waals surface area contributed by atoms with E-state index in [2.05, 4.69) is 12.2 Å². The predicted molar refractivity (Wildman–Crippen MR) is 79.7 cm³/mol. The van der Waals surface area contributed by atoms with Crippen LogP contribution < -0.4 is 10.5 Å². The van der Waals surface area contributed by atoms with Crippen LogP contribution in [0, 0.1) is 0 Å². The van der Waals surface area contributed by atoms with E-state index in [0.29, 0.717) is 6.04 Å². The number of primary sulfonamides is 1. The minimum atomic E-state index is -3.62. The molecule has 1 aliphatic heterocycles. The van der Waals surface area contributed by atoms with Crippen LogP contribution in [0.5, 0.6) is 0 Å². The van der Waals surface area contributed by atoms with Gasteiger partial charge in [0.05, 0.1) is 4.90 Å². The monoisotopic (exact) mass is 300 g/mol. The van der Waals surface area contributed by atoms with Crippen LogP contribution >= 0.6 is 11.8 Å². The van der Waals surface area contributed by atoms with Gasteiger partial charge in [-0.15, -0.1) is 0 Å². The lowest BCUT2D eigenvalue weighted by Gasteiger charge is -2.26. The van der Waals surface area contributed by atoms with Crippen molar-refractivity contribution < 1.29 is 8.42 Å². The average Bonchev–Trinajstić information content (AvgIpc) is 2.39. The molecule has 4 nitrogen and oxygen atoms in total. The molecule has 0 radical (unpaired) electrons. The SMILES string of the molecule is CC(NC1CCCSC1)c1cccc(S(N)(=O)=O)c1. The van der Waals surface area contributed by atoms with Crippen LogP contribution in [0.3, 0.4) is 0 Å². The molecule has 1 aliphatic rings. The predicted octanol–water partition coefficient (Wildman–Crippen LogP) is 1.88. The van der Waals surface area contributed by atoms with E-state index in [1.807, 2.05) is 17.8 Å². The van der Waals surface area contributed by atoms with Gasteiger partial charge in [-0.2, -0.15) is 11.8 Å². The van der Waals surface area contributed by atoms with E-state index in [1.165, 1.54) is 24.7 Å². The van der Waals surface area contributed by atoms with Gasteiger partial charge in [-0.25, -0.2) is 13.6 Å². The van der Waals surface area contributed by atoms with E-state index < -0.39 is 10.0 Å². The highest BCUT2D eigenvalue weighted by Gasteiger charge is 2.17. The van der Waals surface area contributed by atoms with Crippen molar-refractivity contribution in [3.63, 3.8) is 0 Å². The average molecular weight is 300 g/mol. The third-order valence-corrected chi connectivity index (χ3v) is 5.46. The van der Waals surface area contributed by atoms with Crippen LogP contribution in [0.2, 0.25) is 0 Å². The van der Waals surface area contributed by atoms with Gasteiger partial charge in [-0.05, 0) is 43.2 Å². The zero-order chi connectivity index (χ0) is 13.9. The number of sulfonamides is 1. The summed E-state index contributed by atoms with van der Waals surface area (Å²) in [5.41, 5.74) is 0.960. The molecule has 0 aromatic heterocycles. The maximum atomic E-state index is 11.4. The molecule has 1 aromatic carbocycles. The third kappa shape index (κ3) is 4.21. The lowest BCUT2D eigenvalue weighted by molar-refractivity contribution is 0.452. The van der Waals surface area contributed by atoms with Gasteiger partial charge in [0.25, 0.3) is 0 Å². The smallest absolute Gasteiger partial charge is 0.238 e. The summed E-state index contributed by atoms with van der Waals surface area (Å²) in [7, 11) is -3.62. The second kappa shape index (κ2) is 6.26. The summed E-state index contributed by atoms with van der Waals surface area (Å²) >= 11 is 1.97. The molecule has 0 spiro atoms. The van der Waals surface area contributed by atoms with Crippen LogP contribution in [-0.2, 0) is 10.0 Å². The zero-order valence-corrected chi connectivity index (χ0v) is 12.6. The second-order valence-electron chi connectivity index (χ2n) is 4.92. The number of thioether (sulfide) groups is 1. The molecule has 1 aromatic rings. The molecule has 0 saturated carbocycles. The summed E-state index contributed by atoms with van der Waals surface area (Å²) in [6, 6.07) is 7.49. The molecule has 0 bridgehead atoms. The molecule has 2 rings (SSSR count). The van der Waals surface area contributed by atoms with Crippen LogP contribution in [0.15, 0.2) is 29.2 Å². The fourth-order valence-corrected chi connectivity index (χ4v) is 3.94. The summed E-state index contributed by atoms with van der Waals surface area (Å²) in [5, 5.41) is 8.72. The Kier molecular flexibility index (Phi) is 4.89. The van der Waals surface area contributed by atoms with E-state index in [-0.39, 0.29) is 10.9 Å². The summed E-state index contributed by atoms with van der Waals surface area (Å²) in [5.74, 6) is 2.37. The van der Waals surface area contributed by atoms with Gasteiger partial charge in [0, 0.05) is 17.8 Å². The summed E-state index contributed by atoms with van der Waals surface area (Å²) in [6.07, 6.45) is 2.43. The molecule has 0 aliphatic carbocycles.